The third-order valence-electron chi connectivity index (χ3n) is 3.90. The first-order valence-corrected chi connectivity index (χ1v) is 6.50. The van der Waals surface area contributed by atoms with Gasteiger partial charge in [0.2, 0.25) is 5.91 Å². The molecule has 1 unspecified atom stereocenters. The van der Waals surface area contributed by atoms with Crippen molar-refractivity contribution in [3.8, 4) is 0 Å². The Kier molecular flexibility index (Phi) is 3.15. The van der Waals surface area contributed by atoms with E-state index in [1.54, 1.807) is 4.90 Å². The minimum absolute atomic E-state index is 0.0936. The molecule has 0 aromatic rings. The number of carbonyl (C=O) groups is 2. The second kappa shape index (κ2) is 4.31. The molecule has 2 fully saturated rings. The van der Waals surface area contributed by atoms with Crippen LogP contribution in [0.1, 0.15) is 46.0 Å². The number of carboxylic acid groups (broad SMARTS) is 1. The molecule has 0 radical (unpaired) electrons. The van der Waals surface area contributed by atoms with Crippen LogP contribution in [0.25, 0.3) is 0 Å². The van der Waals surface area contributed by atoms with Gasteiger partial charge in [-0.15, -0.1) is 0 Å². The van der Waals surface area contributed by atoms with Gasteiger partial charge in [0.1, 0.15) is 6.04 Å². The van der Waals surface area contributed by atoms with Crippen molar-refractivity contribution in [2.45, 2.75) is 52.0 Å². The number of hydrogen-bond acceptors (Lipinski definition) is 2. The van der Waals surface area contributed by atoms with Crippen LogP contribution in [0.4, 0.5) is 0 Å². The maximum absolute atomic E-state index is 12.4. The molecule has 1 aliphatic heterocycles. The molecule has 1 saturated carbocycles. The number of amides is 1. The molecule has 1 heterocycles. The number of aliphatic carboxylic acids is 1. The summed E-state index contributed by atoms with van der Waals surface area (Å²) in [7, 11) is 0. The quantitative estimate of drug-likeness (QED) is 0.815. The number of likely N-dealkylation sites (tertiary alicyclic amines) is 1. The van der Waals surface area contributed by atoms with Gasteiger partial charge in [0.05, 0.1) is 0 Å². The lowest BCUT2D eigenvalue weighted by Gasteiger charge is -2.27. The normalized spacial score (nSPS) is 26.3. The van der Waals surface area contributed by atoms with Crippen molar-refractivity contribution in [1.29, 1.82) is 0 Å². The molecule has 0 aromatic heterocycles. The fraction of sp³-hybridized carbons (Fsp3) is 0.846. The summed E-state index contributed by atoms with van der Waals surface area (Å²) in [6.45, 7) is 4.85. The molecular formula is C13H21NO3. The summed E-state index contributed by atoms with van der Waals surface area (Å²) < 4.78 is 0. The van der Waals surface area contributed by atoms with E-state index >= 15 is 0 Å². The molecule has 0 spiro atoms. The van der Waals surface area contributed by atoms with Gasteiger partial charge in [0, 0.05) is 12.0 Å². The number of rotatable bonds is 4. The highest BCUT2D eigenvalue weighted by Crippen LogP contribution is 2.52. The van der Waals surface area contributed by atoms with E-state index in [2.05, 4.69) is 13.8 Å². The molecule has 1 saturated heterocycles. The highest BCUT2D eigenvalue weighted by molar-refractivity contribution is 5.89. The SMILES string of the molecule is CC(C)CC1(C(=O)N2CCCC2C(=O)O)CC1. The number of hydrogen-bond donors (Lipinski definition) is 1. The van der Waals surface area contributed by atoms with E-state index in [0.29, 0.717) is 18.9 Å². The van der Waals surface area contributed by atoms with Gasteiger partial charge in [0.15, 0.2) is 0 Å². The smallest absolute Gasteiger partial charge is 0.326 e. The fourth-order valence-electron chi connectivity index (χ4n) is 3.01. The predicted molar refractivity (Wildman–Crippen MR) is 63.5 cm³/mol. The van der Waals surface area contributed by atoms with Crippen molar-refractivity contribution < 1.29 is 14.7 Å². The highest BCUT2D eigenvalue weighted by Gasteiger charge is 2.53. The van der Waals surface area contributed by atoms with Crippen molar-refractivity contribution in [2.75, 3.05) is 6.54 Å². The van der Waals surface area contributed by atoms with Crippen molar-refractivity contribution in [3.05, 3.63) is 0 Å². The third-order valence-corrected chi connectivity index (χ3v) is 3.90. The van der Waals surface area contributed by atoms with Crippen molar-refractivity contribution in [2.24, 2.45) is 11.3 Å². The minimum Gasteiger partial charge on any atom is -0.480 e. The Morgan fingerprint density at radius 3 is 2.53 bits per heavy atom. The zero-order valence-corrected chi connectivity index (χ0v) is 10.6. The van der Waals surface area contributed by atoms with Crippen LogP contribution in [0.5, 0.6) is 0 Å². The van der Waals surface area contributed by atoms with Gasteiger partial charge >= 0.3 is 5.97 Å². The maximum atomic E-state index is 12.4. The molecule has 2 rings (SSSR count). The monoisotopic (exact) mass is 239 g/mol. The van der Waals surface area contributed by atoms with E-state index in [1.165, 1.54) is 0 Å². The molecule has 1 aliphatic carbocycles. The second-order valence-electron chi connectivity index (χ2n) is 5.87. The van der Waals surface area contributed by atoms with Crippen LogP contribution in [0.3, 0.4) is 0 Å². The summed E-state index contributed by atoms with van der Waals surface area (Å²) in [6.07, 6.45) is 4.20. The predicted octanol–water partition coefficient (Wildman–Crippen LogP) is 1.89. The largest absolute Gasteiger partial charge is 0.480 e. The van der Waals surface area contributed by atoms with Crippen LogP contribution in [0, 0.1) is 11.3 Å². The Hall–Kier alpha value is -1.06. The number of nitrogens with zero attached hydrogens (tertiary/aromatic N) is 1. The standard InChI is InChI=1S/C13H21NO3/c1-9(2)8-13(5-6-13)12(17)14-7-3-4-10(14)11(15)16/h9-10H,3-8H2,1-2H3,(H,15,16). The molecule has 1 amide bonds. The molecule has 0 bridgehead atoms. The summed E-state index contributed by atoms with van der Waals surface area (Å²) in [4.78, 5) is 25.1. The minimum atomic E-state index is -0.851. The van der Waals surface area contributed by atoms with Crippen LogP contribution in [-0.4, -0.2) is 34.5 Å². The van der Waals surface area contributed by atoms with Gasteiger partial charge in [-0.3, -0.25) is 4.79 Å². The van der Waals surface area contributed by atoms with Crippen LogP contribution in [0.2, 0.25) is 0 Å². The maximum Gasteiger partial charge on any atom is 0.326 e. The van der Waals surface area contributed by atoms with E-state index < -0.39 is 12.0 Å². The number of carbonyl (C=O) groups excluding carboxylic acids is 1. The van der Waals surface area contributed by atoms with Crippen molar-refractivity contribution in [3.63, 3.8) is 0 Å². The van der Waals surface area contributed by atoms with Crippen LogP contribution >= 0.6 is 0 Å². The molecule has 4 nitrogen and oxygen atoms in total. The zero-order valence-electron chi connectivity index (χ0n) is 10.6. The molecule has 96 valence electrons. The molecule has 1 N–H and O–H groups in total. The fourth-order valence-corrected chi connectivity index (χ4v) is 3.01. The Morgan fingerprint density at radius 2 is 2.06 bits per heavy atom. The lowest BCUT2D eigenvalue weighted by molar-refractivity contribution is -0.150. The summed E-state index contributed by atoms with van der Waals surface area (Å²) in [5, 5.41) is 9.11. The van der Waals surface area contributed by atoms with E-state index in [-0.39, 0.29) is 11.3 Å². The van der Waals surface area contributed by atoms with Gasteiger partial charge in [-0.25, -0.2) is 4.79 Å². The second-order valence-corrected chi connectivity index (χ2v) is 5.87. The van der Waals surface area contributed by atoms with E-state index in [9.17, 15) is 9.59 Å². The lowest BCUT2D eigenvalue weighted by atomic mass is 9.92. The van der Waals surface area contributed by atoms with Gasteiger partial charge in [0.25, 0.3) is 0 Å². The molecule has 0 aromatic carbocycles. The Morgan fingerprint density at radius 1 is 1.41 bits per heavy atom. The topological polar surface area (TPSA) is 57.6 Å². The van der Waals surface area contributed by atoms with Crippen LogP contribution in [-0.2, 0) is 9.59 Å². The van der Waals surface area contributed by atoms with Gasteiger partial charge in [-0.1, -0.05) is 13.8 Å². The molecule has 2 aliphatic rings. The average molecular weight is 239 g/mol. The molecule has 1 atom stereocenters. The Labute approximate surface area is 102 Å². The zero-order chi connectivity index (χ0) is 12.6. The lowest BCUT2D eigenvalue weighted by Crippen LogP contribution is -2.44. The third kappa shape index (κ3) is 2.31. The van der Waals surface area contributed by atoms with Gasteiger partial charge in [-0.2, -0.15) is 0 Å². The van der Waals surface area contributed by atoms with Gasteiger partial charge < -0.3 is 10.0 Å². The van der Waals surface area contributed by atoms with Crippen molar-refractivity contribution >= 4 is 11.9 Å². The van der Waals surface area contributed by atoms with Crippen LogP contribution < -0.4 is 0 Å². The number of carboxylic acids is 1. The average Bonchev–Trinajstić information content (AvgIpc) is 2.83. The van der Waals surface area contributed by atoms with Gasteiger partial charge in [-0.05, 0) is 38.0 Å². The molecule has 17 heavy (non-hydrogen) atoms. The summed E-state index contributed by atoms with van der Waals surface area (Å²) in [6, 6.07) is -0.577. The van der Waals surface area contributed by atoms with Crippen LogP contribution in [0.15, 0.2) is 0 Å². The first-order valence-electron chi connectivity index (χ1n) is 6.50. The van der Waals surface area contributed by atoms with E-state index in [1.807, 2.05) is 0 Å². The van der Waals surface area contributed by atoms with Crippen molar-refractivity contribution in [1.82, 2.24) is 4.90 Å². The summed E-state index contributed by atoms with van der Waals surface area (Å²) >= 11 is 0. The van der Waals surface area contributed by atoms with E-state index in [4.69, 9.17) is 5.11 Å². The van der Waals surface area contributed by atoms with E-state index in [0.717, 1.165) is 25.7 Å². The Balaban J connectivity index is 2.07. The molecular weight excluding hydrogens is 218 g/mol. The first-order chi connectivity index (χ1) is 7.96. The molecule has 4 heteroatoms. The summed E-state index contributed by atoms with van der Waals surface area (Å²) in [5.74, 6) is -0.264. The Bertz CT molecular complexity index is 334. The first kappa shape index (κ1) is 12.4. The highest BCUT2D eigenvalue weighted by atomic mass is 16.4. The summed E-state index contributed by atoms with van der Waals surface area (Å²) in [5.41, 5.74) is -0.216.